The molecule has 0 radical (unpaired) electrons. The molecule has 0 aliphatic heterocycles. The minimum Gasteiger partial charge on any atom is -0.349 e. The predicted molar refractivity (Wildman–Crippen MR) is 93.4 cm³/mol. The summed E-state index contributed by atoms with van der Waals surface area (Å²) in [6.07, 6.45) is 2.28. The highest BCUT2D eigenvalue weighted by Crippen LogP contribution is 2.55. The minimum atomic E-state index is -4.55. The summed E-state index contributed by atoms with van der Waals surface area (Å²) in [5.41, 5.74) is -0.833. The number of nitrogens with one attached hydrogen (secondary N) is 1. The van der Waals surface area contributed by atoms with Gasteiger partial charge in [0.05, 0.1) is 10.2 Å². The average Bonchev–Trinajstić information content (AvgIpc) is 2.80. The third kappa shape index (κ3) is 2.98. The molecule has 1 heterocycles. The second-order valence-electron chi connectivity index (χ2n) is 8.55. The second-order valence-corrected chi connectivity index (χ2v) is 9.35. The number of alkyl halides is 3. The highest BCUT2D eigenvalue weighted by molar-refractivity contribution is 9.10. The molecule has 1 amide bonds. The van der Waals surface area contributed by atoms with Gasteiger partial charge in [-0.15, -0.1) is 0 Å². The van der Waals surface area contributed by atoms with Crippen LogP contribution in [0.25, 0.3) is 0 Å². The van der Waals surface area contributed by atoms with Gasteiger partial charge in [-0.25, -0.2) is 0 Å². The average molecular weight is 434 g/mol. The van der Waals surface area contributed by atoms with Crippen molar-refractivity contribution in [3.63, 3.8) is 0 Å². The molecule has 0 saturated heterocycles. The fourth-order valence-electron chi connectivity index (χ4n) is 5.80. The van der Waals surface area contributed by atoms with Gasteiger partial charge in [0.15, 0.2) is 5.69 Å². The van der Waals surface area contributed by atoms with E-state index >= 15 is 0 Å². The van der Waals surface area contributed by atoms with Crippen molar-refractivity contribution in [1.82, 2.24) is 15.1 Å². The van der Waals surface area contributed by atoms with Crippen molar-refractivity contribution in [2.75, 3.05) is 0 Å². The number of hydrogen-bond acceptors (Lipinski definition) is 2. The summed E-state index contributed by atoms with van der Waals surface area (Å²) in [5, 5.41) is 6.90. The zero-order valence-electron chi connectivity index (χ0n) is 14.9. The lowest BCUT2D eigenvalue weighted by Crippen LogP contribution is -2.60. The van der Waals surface area contributed by atoms with E-state index < -0.39 is 17.9 Å². The Morgan fingerprint density at radius 3 is 2.15 bits per heavy atom. The summed E-state index contributed by atoms with van der Waals surface area (Å²) < 4.78 is 40.3. The summed E-state index contributed by atoms with van der Waals surface area (Å²) in [7, 11) is 0. The minimum absolute atomic E-state index is 0.0977. The zero-order chi connectivity index (χ0) is 18.9. The summed E-state index contributed by atoms with van der Waals surface area (Å²) in [4.78, 5) is 12.9. The van der Waals surface area contributed by atoms with Gasteiger partial charge < -0.3 is 5.32 Å². The summed E-state index contributed by atoms with van der Waals surface area (Å²) in [5.74, 6) is 1.83. The Kier molecular flexibility index (Phi) is 4.21. The first-order valence-electron chi connectivity index (χ1n) is 9.22. The maximum absolute atomic E-state index is 13.1. The lowest BCUT2D eigenvalue weighted by atomic mass is 9.53. The third-order valence-electron chi connectivity index (χ3n) is 6.52. The smallest absolute Gasteiger partial charge is 0.349 e. The quantitative estimate of drug-likeness (QED) is 0.755. The largest absolute Gasteiger partial charge is 0.436 e. The Morgan fingerprint density at radius 1 is 1.23 bits per heavy atom. The lowest BCUT2D eigenvalue weighted by Gasteiger charge is -2.57. The van der Waals surface area contributed by atoms with Gasteiger partial charge >= 0.3 is 6.18 Å². The summed E-state index contributed by atoms with van der Waals surface area (Å²) in [6, 6.07) is -0.782. The monoisotopic (exact) mass is 433 g/mol. The molecule has 144 valence electrons. The van der Waals surface area contributed by atoms with Gasteiger partial charge in [0, 0.05) is 5.54 Å². The van der Waals surface area contributed by atoms with Crippen LogP contribution in [0.3, 0.4) is 0 Å². The molecule has 4 bridgehead atoms. The van der Waals surface area contributed by atoms with E-state index in [2.05, 4.69) is 26.3 Å². The first-order valence-corrected chi connectivity index (χ1v) is 10.0. The van der Waals surface area contributed by atoms with Crippen molar-refractivity contribution in [1.29, 1.82) is 0 Å². The second kappa shape index (κ2) is 5.97. The Morgan fingerprint density at radius 2 is 1.73 bits per heavy atom. The molecule has 1 atom stereocenters. The van der Waals surface area contributed by atoms with Gasteiger partial charge in [-0.3, -0.25) is 9.48 Å². The van der Waals surface area contributed by atoms with Gasteiger partial charge in [-0.1, -0.05) is 0 Å². The molecule has 4 nitrogen and oxygen atoms in total. The maximum Gasteiger partial charge on any atom is 0.436 e. The molecule has 1 N–H and O–H groups in total. The number of carbonyl (C=O) groups excluding carboxylic acids is 1. The molecule has 1 aromatic heterocycles. The first kappa shape index (κ1) is 18.3. The Labute approximate surface area is 159 Å². The number of nitrogens with zero attached hydrogens (tertiary/aromatic N) is 2. The van der Waals surface area contributed by atoms with Crippen molar-refractivity contribution in [3.8, 4) is 0 Å². The van der Waals surface area contributed by atoms with Gasteiger partial charge in [0.1, 0.15) is 6.04 Å². The number of rotatable bonds is 3. The van der Waals surface area contributed by atoms with Crippen LogP contribution in [0.5, 0.6) is 0 Å². The normalized spacial score (nSPS) is 34.2. The van der Waals surface area contributed by atoms with Crippen LogP contribution < -0.4 is 5.32 Å². The molecule has 4 saturated carbocycles. The van der Waals surface area contributed by atoms with E-state index in [1.165, 1.54) is 23.9 Å². The SMILES string of the molecule is Cc1c(Br)c(C(F)(F)F)nn1C(C)C(=O)NC12CC3CC(CC(C3)C1)C2. The third-order valence-corrected chi connectivity index (χ3v) is 7.47. The number of amides is 1. The first-order chi connectivity index (χ1) is 12.1. The fourth-order valence-corrected chi connectivity index (χ4v) is 6.28. The van der Waals surface area contributed by atoms with Gasteiger partial charge in [0.25, 0.3) is 0 Å². The number of carbonyl (C=O) groups is 1. The van der Waals surface area contributed by atoms with E-state index in [1.807, 2.05) is 0 Å². The van der Waals surface area contributed by atoms with Crippen LogP contribution in [-0.4, -0.2) is 21.2 Å². The molecule has 0 spiro atoms. The van der Waals surface area contributed by atoms with E-state index in [9.17, 15) is 18.0 Å². The van der Waals surface area contributed by atoms with Crippen LogP contribution >= 0.6 is 15.9 Å². The fraction of sp³-hybridized carbons (Fsp3) is 0.778. The molecular weight excluding hydrogens is 411 g/mol. The molecule has 5 rings (SSSR count). The van der Waals surface area contributed by atoms with E-state index in [1.54, 1.807) is 13.8 Å². The van der Waals surface area contributed by atoms with Gasteiger partial charge in [-0.2, -0.15) is 18.3 Å². The van der Waals surface area contributed by atoms with Crippen LogP contribution in [0, 0.1) is 24.7 Å². The van der Waals surface area contributed by atoms with Crippen molar-refractivity contribution in [3.05, 3.63) is 15.9 Å². The van der Waals surface area contributed by atoms with E-state index in [4.69, 9.17) is 0 Å². The molecule has 4 fully saturated rings. The van der Waals surface area contributed by atoms with Gasteiger partial charge in [-0.05, 0) is 86.1 Å². The van der Waals surface area contributed by atoms with Crippen LogP contribution in [0.2, 0.25) is 0 Å². The maximum atomic E-state index is 13.1. The van der Waals surface area contributed by atoms with E-state index in [-0.39, 0.29) is 15.9 Å². The Hall–Kier alpha value is -1.05. The van der Waals surface area contributed by atoms with Crippen LogP contribution in [0.15, 0.2) is 4.47 Å². The van der Waals surface area contributed by atoms with Crippen molar-refractivity contribution in [2.45, 2.75) is 70.1 Å². The van der Waals surface area contributed by atoms with Crippen molar-refractivity contribution in [2.24, 2.45) is 17.8 Å². The van der Waals surface area contributed by atoms with E-state index in [0.717, 1.165) is 19.3 Å². The van der Waals surface area contributed by atoms with E-state index in [0.29, 0.717) is 23.4 Å². The molecule has 4 aliphatic rings. The lowest BCUT2D eigenvalue weighted by molar-refractivity contribution is -0.142. The topological polar surface area (TPSA) is 46.9 Å². The highest BCUT2D eigenvalue weighted by Gasteiger charge is 2.52. The zero-order valence-corrected chi connectivity index (χ0v) is 16.5. The van der Waals surface area contributed by atoms with Crippen LogP contribution in [-0.2, 0) is 11.0 Å². The molecule has 26 heavy (non-hydrogen) atoms. The standard InChI is InChI=1S/C18H23BrF3N3O/c1-9-14(19)15(18(20,21)22)24-25(9)10(2)16(26)23-17-6-11-3-12(7-17)5-13(4-11)8-17/h10-13H,3-8H2,1-2H3,(H,23,26). The van der Waals surface area contributed by atoms with Crippen LogP contribution in [0.1, 0.15) is 62.9 Å². The molecule has 1 unspecified atom stereocenters. The van der Waals surface area contributed by atoms with Gasteiger partial charge in [0.2, 0.25) is 5.91 Å². The Balaban J connectivity index is 1.54. The molecule has 1 aromatic rings. The van der Waals surface area contributed by atoms with Crippen molar-refractivity contribution < 1.29 is 18.0 Å². The molecular formula is C18H23BrF3N3O. The number of halogens is 4. The summed E-state index contributed by atoms with van der Waals surface area (Å²) >= 11 is 2.97. The number of aromatic nitrogens is 2. The number of hydrogen-bond donors (Lipinski definition) is 1. The van der Waals surface area contributed by atoms with Crippen molar-refractivity contribution >= 4 is 21.8 Å². The highest BCUT2D eigenvalue weighted by atomic mass is 79.9. The summed E-state index contributed by atoms with van der Waals surface area (Å²) in [6.45, 7) is 3.16. The molecule has 0 aromatic carbocycles. The molecule has 4 aliphatic carbocycles. The van der Waals surface area contributed by atoms with Crippen LogP contribution in [0.4, 0.5) is 13.2 Å². The Bertz CT molecular complexity index is 707. The predicted octanol–water partition coefficient (Wildman–Crippen LogP) is 4.62. The molecule has 8 heteroatoms.